The lowest BCUT2D eigenvalue weighted by atomic mass is 10.1. The largest absolute Gasteiger partial charge is 0.396 e. The maximum absolute atomic E-state index is 11.5. The molecular weight excluding hydrogens is 228 g/mol. The molecule has 1 aromatic heterocycles. The minimum Gasteiger partial charge on any atom is -0.396 e. The van der Waals surface area contributed by atoms with Crippen molar-refractivity contribution in [1.29, 1.82) is 0 Å². The average molecular weight is 242 g/mol. The number of aromatic amines is 1. The first-order valence-electron chi connectivity index (χ1n) is 5.33. The van der Waals surface area contributed by atoms with Crippen LogP contribution in [-0.4, -0.2) is 43.7 Å². The molecule has 0 radical (unpaired) electrons. The number of nitrogens with zero attached hydrogens (tertiary/aromatic N) is 1. The van der Waals surface area contributed by atoms with Gasteiger partial charge in [-0.25, -0.2) is 4.79 Å². The van der Waals surface area contributed by atoms with Crippen molar-refractivity contribution < 1.29 is 15.3 Å². The summed E-state index contributed by atoms with van der Waals surface area (Å²) >= 11 is 0. The van der Waals surface area contributed by atoms with Gasteiger partial charge in [0.05, 0.1) is 12.1 Å². The molecule has 1 aliphatic rings. The van der Waals surface area contributed by atoms with E-state index in [2.05, 4.69) is 4.98 Å². The quantitative estimate of drug-likeness (QED) is 0.470. The molecule has 17 heavy (non-hydrogen) atoms. The Bertz CT molecular complexity index is 508. The zero-order valence-corrected chi connectivity index (χ0v) is 8.98. The van der Waals surface area contributed by atoms with Crippen LogP contribution in [0.4, 0.5) is 0 Å². The van der Waals surface area contributed by atoms with Gasteiger partial charge in [-0.1, -0.05) is 0 Å². The monoisotopic (exact) mass is 242 g/mol. The molecular formula is C10H14N2O5. The van der Waals surface area contributed by atoms with Gasteiger partial charge in [0.1, 0.15) is 6.10 Å². The van der Waals surface area contributed by atoms with E-state index < -0.39 is 35.4 Å². The first-order valence-corrected chi connectivity index (χ1v) is 5.33. The number of aliphatic hydroxyl groups excluding tert-OH is 3. The Morgan fingerprint density at radius 3 is 2.59 bits per heavy atom. The number of aromatic nitrogens is 2. The normalized spacial score (nSPS) is 32.9. The molecule has 1 saturated carbocycles. The fourth-order valence-corrected chi connectivity index (χ4v) is 2.24. The van der Waals surface area contributed by atoms with E-state index >= 15 is 0 Å². The maximum Gasteiger partial charge on any atom is 0.328 e. The third-order valence-electron chi connectivity index (χ3n) is 3.21. The van der Waals surface area contributed by atoms with E-state index in [1.807, 2.05) is 0 Å². The smallest absolute Gasteiger partial charge is 0.328 e. The summed E-state index contributed by atoms with van der Waals surface area (Å²) in [5.74, 6) is -0.464. The summed E-state index contributed by atoms with van der Waals surface area (Å²) in [5, 5.41) is 28.4. The van der Waals surface area contributed by atoms with Crippen LogP contribution in [0.5, 0.6) is 0 Å². The predicted molar refractivity (Wildman–Crippen MR) is 57.6 cm³/mol. The van der Waals surface area contributed by atoms with Gasteiger partial charge in [0, 0.05) is 24.8 Å². The SMILES string of the molecule is O=c1ccn([C@@H]2C[C@H](CO)[C@H](O)C2O)c(=O)[nH]1. The first-order chi connectivity index (χ1) is 8.04. The Morgan fingerprint density at radius 2 is 2.06 bits per heavy atom. The van der Waals surface area contributed by atoms with Crippen molar-refractivity contribution in [2.24, 2.45) is 5.92 Å². The van der Waals surface area contributed by atoms with E-state index in [0.29, 0.717) is 0 Å². The molecule has 0 aliphatic heterocycles. The van der Waals surface area contributed by atoms with Gasteiger partial charge in [0.2, 0.25) is 0 Å². The van der Waals surface area contributed by atoms with Crippen LogP contribution >= 0.6 is 0 Å². The van der Waals surface area contributed by atoms with Gasteiger partial charge in [-0.15, -0.1) is 0 Å². The molecule has 2 rings (SSSR count). The lowest BCUT2D eigenvalue weighted by molar-refractivity contribution is -0.00455. The fraction of sp³-hybridized carbons (Fsp3) is 0.600. The third kappa shape index (κ3) is 2.04. The second kappa shape index (κ2) is 4.44. The van der Waals surface area contributed by atoms with Crippen molar-refractivity contribution in [1.82, 2.24) is 9.55 Å². The minimum absolute atomic E-state index is 0.257. The number of nitrogens with one attached hydrogen (secondary N) is 1. The van der Waals surface area contributed by atoms with Crippen molar-refractivity contribution >= 4 is 0 Å². The van der Waals surface area contributed by atoms with Crippen LogP contribution in [-0.2, 0) is 0 Å². The molecule has 0 aromatic carbocycles. The van der Waals surface area contributed by atoms with E-state index in [1.54, 1.807) is 0 Å². The van der Waals surface area contributed by atoms with Gasteiger partial charge in [0.15, 0.2) is 0 Å². The van der Waals surface area contributed by atoms with E-state index in [9.17, 15) is 19.8 Å². The number of rotatable bonds is 2. The highest BCUT2D eigenvalue weighted by Gasteiger charge is 2.42. The molecule has 0 saturated heterocycles. The Kier molecular flexibility index (Phi) is 3.14. The number of H-pyrrole nitrogens is 1. The Labute approximate surface area is 96.0 Å². The van der Waals surface area contributed by atoms with Crippen LogP contribution in [0.15, 0.2) is 21.9 Å². The van der Waals surface area contributed by atoms with Crippen molar-refractivity contribution in [2.75, 3.05) is 6.61 Å². The molecule has 0 amide bonds. The highest BCUT2D eigenvalue weighted by atomic mass is 16.3. The summed E-state index contributed by atoms with van der Waals surface area (Å²) in [6.07, 6.45) is -0.633. The molecule has 1 unspecified atom stereocenters. The fourth-order valence-electron chi connectivity index (χ4n) is 2.24. The molecule has 1 aromatic rings. The van der Waals surface area contributed by atoms with E-state index in [4.69, 9.17) is 5.11 Å². The Hall–Kier alpha value is -1.44. The van der Waals surface area contributed by atoms with Crippen LogP contribution in [0.25, 0.3) is 0 Å². The van der Waals surface area contributed by atoms with Crippen LogP contribution in [0.1, 0.15) is 12.5 Å². The topological polar surface area (TPSA) is 116 Å². The summed E-state index contributed by atoms with van der Waals surface area (Å²) < 4.78 is 1.17. The molecule has 1 fully saturated rings. The van der Waals surface area contributed by atoms with Crippen molar-refractivity contribution in [3.05, 3.63) is 33.1 Å². The summed E-state index contributed by atoms with van der Waals surface area (Å²) in [4.78, 5) is 24.5. The molecule has 0 bridgehead atoms. The second-order valence-corrected chi connectivity index (χ2v) is 4.24. The zero-order valence-electron chi connectivity index (χ0n) is 8.98. The summed E-state index contributed by atoms with van der Waals surface area (Å²) in [7, 11) is 0. The van der Waals surface area contributed by atoms with Crippen molar-refractivity contribution in [3.63, 3.8) is 0 Å². The molecule has 1 aliphatic carbocycles. The van der Waals surface area contributed by atoms with E-state index in [0.717, 1.165) is 0 Å². The second-order valence-electron chi connectivity index (χ2n) is 4.24. The molecule has 7 nitrogen and oxygen atoms in total. The minimum atomic E-state index is -1.13. The van der Waals surface area contributed by atoms with E-state index in [1.165, 1.54) is 16.8 Å². The van der Waals surface area contributed by atoms with Gasteiger partial charge >= 0.3 is 5.69 Å². The number of aliphatic hydroxyl groups is 3. The third-order valence-corrected chi connectivity index (χ3v) is 3.21. The first kappa shape index (κ1) is 12.0. The lowest BCUT2D eigenvalue weighted by Crippen LogP contribution is -2.37. The maximum atomic E-state index is 11.5. The van der Waals surface area contributed by atoms with Crippen LogP contribution in [0, 0.1) is 5.92 Å². The van der Waals surface area contributed by atoms with Crippen molar-refractivity contribution in [3.8, 4) is 0 Å². The predicted octanol–water partition coefficient (Wildman–Crippen LogP) is -2.19. The van der Waals surface area contributed by atoms with Gasteiger partial charge < -0.3 is 15.3 Å². The van der Waals surface area contributed by atoms with Gasteiger partial charge in [-0.3, -0.25) is 14.3 Å². The van der Waals surface area contributed by atoms with E-state index in [-0.39, 0.29) is 13.0 Å². The number of hydrogen-bond donors (Lipinski definition) is 4. The molecule has 0 spiro atoms. The zero-order chi connectivity index (χ0) is 12.6. The Morgan fingerprint density at radius 1 is 1.35 bits per heavy atom. The van der Waals surface area contributed by atoms with Gasteiger partial charge in [-0.05, 0) is 6.42 Å². The lowest BCUT2D eigenvalue weighted by Gasteiger charge is -2.18. The Balaban J connectivity index is 2.35. The summed E-state index contributed by atoms with van der Waals surface area (Å²) in [5.41, 5.74) is -1.15. The summed E-state index contributed by atoms with van der Waals surface area (Å²) in [6.45, 7) is -0.257. The van der Waals surface area contributed by atoms with Gasteiger partial charge in [0.25, 0.3) is 5.56 Å². The van der Waals surface area contributed by atoms with Crippen LogP contribution in [0.3, 0.4) is 0 Å². The average Bonchev–Trinajstić information content (AvgIpc) is 2.57. The van der Waals surface area contributed by atoms with Crippen LogP contribution in [0.2, 0.25) is 0 Å². The molecule has 94 valence electrons. The highest BCUT2D eigenvalue weighted by molar-refractivity contribution is 4.97. The summed E-state index contributed by atoms with van der Waals surface area (Å²) in [6, 6.07) is 0.541. The molecule has 1 heterocycles. The standard InChI is InChI=1S/C10H14N2O5/c13-4-5-3-6(9(16)8(5)15)12-2-1-7(14)11-10(12)17/h1-2,5-6,8-9,13,15-16H,3-4H2,(H,11,14,17)/t5-,6-,8+,9?/m1/s1. The van der Waals surface area contributed by atoms with Crippen LogP contribution < -0.4 is 11.2 Å². The highest BCUT2D eigenvalue weighted by Crippen LogP contribution is 2.33. The number of hydrogen-bond acceptors (Lipinski definition) is 5. The molecule has 7 heteroatoms. The molecule has 4 atom stereocenters. The van der Waals surface area contributed by atoms with Gasteiger partial charge in [-0.2, -0.15) is 0 Å². The molecule has 4 N–H and O–H groups in total. The van der Waals surface area contributed by atoms with Crippen molar-refractivity contribution in [2.45, 2.75) is 24.7 Å².